The topological polar surface area (TPSA) is 64.4 Å². The highest BCUT2D eigenvalue weighted by Gasteiger charge is 2.22. The third-order valence-corrected chi connectivity index (χ3v) is 6.97. The number of hydrogen-bond acceptors (Lipinski definition) is 6. The number of benzene rings is 1. The van der Waals surface area contributed by atoms with Crippen LogP contribution < -0.4 is 10.3 Å². The zero-order valence-electron chi connectivity index (χ0n) is 17.4. The van der Waals surface area contributed by atoms with Crippen LogP contribution in [0.5, 0.6) is 5.75 Å². The van der Waals surface area contributed by atoms with Crippen molar-refractivity contribution in [3.8, 4) is 5.75 Å². The fourth-order valence-electron chi connectivity index (χ4n) is 3.48. The molecule has 1 amide bonds. The molecule has 0 saturated heterocycles. The molecule has 0 spiro atoms. The molecule has 0 bridgehead atoms. The van der Waals surface area contributed by atoms with Gasteiger partial charge in [-0.15, -0.1) is 22.7 Å². The van der Waals surface area contributed by atoms with Crippen LogP contribution in [0, 0.1) is 0 Å². The minimum absolute atomic E-state index is 0.0256. The van der Waals surface area contributed by atoms with Crippen molar-refractivity contribution in [1.29, 1.82) is 0 Å². The van der Waals surface area contributed by atoms with Gasteiger partial charge in [0.25, 0.3) is 5.56 Å². The van der Waals surface area contributed by atoms with Crippen molar-refractivity contribution in [3.63, 3.8) is 0 Å². The van der Waals surface area contributed by atoms with Crippen LogP contribution in [0.25, 0.3) is 10.2 Å². The molecule has 0 radical (unpaired) electrons. The average molecular weight is 454 g/mol. The Morgan fingerprint density at radius 2 is 1.97 bits per heavy atom. The molecule has 0 saturated carbocycles. The molecule has 31 heavy (non-hydrogen) atoms. The van der Waals surface area contributed by atoms with E-state index in [9.17, 15) is 9.59 Å². The normalized spacial score (nSPS) is 12.1. The molecule has 0 fully saturated rings. The van der Waals surface area contributed by atoms with E-state index in [-0.39, 0.29) is 24.1 Å². The number of nitrogens with zero attached hydrogens (tertiary/aromatic N) is 3. The Balaban J connectivity index is 1.58. The lowest BCUT2D eigenvalue weighted by Crippen LogP contribution is -2.42. The summed E-state index contributed by atoms with van der Waals surface area (Å²) >= 11 is 3.03. The summed E-state index contributed by atoms with van der Waals surface area (Å²) < 4.78 is 7.21. The zero-order valence-corrected chi connectivity index (χ0v) is 19.0. The van der Waals surface area contributed by atoms with Crippen molar-refractivity contribution in [2.45, 2.75) is 32.5 Å². The average Bonchev–Trinajstić information content (AvgIpc) is 3.46. The molecule has 6 nitrogen and oxygen atoms in total. The Hall–Kier alpha value is -2.97. The summed E-state index contributed by atoms with van der Waals surface area (Å²) in [5.74, 6) is 0.662. The summed E-state index contributed by atoms with van der Waals surface area (Å²) in [5.41, 5.74) is 1.50. The first-order valence-electron chi connectivity index (χ1n) is 9.92. The third kappa shape index (κ3) is 4.86. The highest BCUT2D eigenvalue weighted by atomic mass is 32.1. The van der Waals surface area contributed by atoms with E-state index in [0.717, 1.165) is 17.7 Å². The number of fused-ring (bicyclic) bond motifs is 1. The quantitative estimate of drug-likeness (QED) is 0.401. The SMILES string of the molecule is COc1ccc(CN(C(=O)Cn2cnc3ccsc3c2=O)[C@@H](C)Cc2cccs2)cc1. The van der Waals surface area contributed by atoms with E-state index in [0.29, 0.717) is 16.8 Å². The first-order chi connectivity index (χ1) is 15.0. The van der Waals surface area contributed by atoms with Crippen molar-refractivity contribution >= 4 is 38.8 Å². The van der Waals surface area contributed by atoms with Gasteiger partial charge in [-0.2, -0.15) is 0 Å². The van der Waals surface area contributed by atoms with Crippen molar-refractivity contribution < 1.29 is 9.53 Å². The van der Waals surface area contributed by atoms with Gasteiger partial charge in [0.05, 0.1) is 19.0 Å². The number of ether oxygens (including phenoxy) is 1. The van der Waals surface area contributed by atoms with E-state index in [4.69, 9.17) is 4.74 Å². The van der Waals surface area contributed by atoms with Gasteiger partial charge in [-0.05, 0) is 47.5 Å². The Kier molecular flexibility index (Phi) is 6.48. The molecule has 0 unspecified atom stereocenters. The zero-order chi connectivity index (χ0) is 21.8. The first-order valence-corrected chi connectivity index (χ1v) is 11.7. The molecular formula is C23H23N3O3S2. The molecule has 0 N–H and O–H groups in total. The predicted molar refractivity (Wildman–Crippen MR) is 125 cm³/mol. The number of methoxy groups -OCH3 is 1. The van der Waals surface area contributed by atoms with Crippen LogP contribution in [-0.4, -0.2) is 33.5 Å². The maximum atomic E-state index is 13.4. The van der Waals surface area contributed by atoms with Crippen LogP contribution in [0.4, 0.5) is 0 Å². The Labute approximate surface area is 188 Å². The number of carbonyl (C=O) groups is 1. The van der Waals surface area contributed by atoms with E-state index < -0.39 is 0 Å². The Morgan fingerprint density at radius 3 is 2.68 bits per heavy atom. The second-order valence-corrected chi connectivity index (χ2v) is 9.26. The van der Waals surface area contributed by atoms with Crippen molar-refractivity contribution in [2.75, 3.05) is 7.11 Å². The van der Waals surface area contributed by atoms with E-state index in [1.807, 2.05) is 59.0 Å². The van der Waals surface area contributed by atoms with Gasteiger partial charge < -0.3 is 9.64 Å². The minimum atomic E-state index is -0.177. The molecule has 0 aliphatic rings. The lowest BCUT2D eigenvalue weighted by atomic mass is 10.1. The van der Waals surface area contributed by atoms with Gasteiger partial charge in [-0.3, -0.25) is 14.2 Å². The summed E-state index contributed by atoms with van der Waals surface area (Å²) in [4.78, 5) is 33.5. The molecule has 1 aromatic carbocycles. The largest absolute Gasteiger partial charge is 0.497 e. The number of rotatable bonds is 8. The van der Waals surface area contributed by atoms with Crippen LogP contribution in [0.2, 0.25) is 0 Å². The maximum absolute atomic E-state index is 13.4. The van der Waals surface area contributed by atoms with Gasteiger partial charge in [-0.25, -0.2) is 4.98 Å². The summed E-state index contributed by atoms with van der Waals surface area (Å²) in [7, 11) is 1.63. The fourth-order valence-corrected chi connectivity index (χ4v) is 5.09. The molecule has 8 heteroatoms. The Morgan fingerprint density at radius 1 is 1.16 bits per heavy atom. The molecule has 4 aromatic rings. The van der Waals surface area contributed by atoms with E-state index in [2.05, 4.69) is 11.1 Å². The molecule has 1 atom stereocenters. The monoisotopic (exact) mass is 453 g/mol. The van der Waals surface area contributed by atoms with Gasteiger partial charge in [0.2, 0.25) is 5.91 Å². The Bertz CT molecular complexity index is 1210. The van der Waals surface area contributed by atoms with Crippen LogP contribution >= 0.6 is 22.7 Å². The highest BCUT2D eigenvalue weighted by molar-refractivity contribution is 7.17. The number of amides is 1. The first kappa shape index (κ1) is 21.3. The number of thiophene rings is 2. The molecule has 4 rings (SSSR count). The van der Waals surface area contributed by atoms with Crippen molar-refractivity contribution in [1.82, 2.24) is 14.5 Å². The van der Waals surface area contributed by atoms with Gasteiger partial charge in [0, 0.05) is 23.9 Å². The van der Waals surface area contributed by atoms with E-state index in [1.54, 1.807) is 18.4 Å². The van der Waals surface area contributed by atoms with Crippen LogP contribution in [0.3, 0.4) is 0 Å². The van der Waals surface area contributed by atoms with Gasteiger partial charge in [0.1, 0.15) is 17.0 Å². The number of aromatic nitrogens is 2. The highest BCUT2D eigenvalue weighted by Crippen LogP contribution is 2.19. The van der Waals surface area contributed by atoms with Gasteiger partial charge in [-0.1, -0.05) is 18.2 Å². The predicted octanol–water partition coefficient (Wildman–Crippen LogP) is 4.19. The van der Waals surface area contributed by atoms with E-state index >= 15 is 0 Å². The maximum Gasteiger partial charge on any atom is 0.271 e. The summed E-state index contributed by atoms with van der Waals surface area (Å²) in [6, 6.07) is 13.6. The molecule has 160 valence electrons. The second-order valence-electron chi connectivity index (χ2n) is 7.31. The van der Waals surface area contributed by atoms with Crippen LogP contribution in [0.15, 0.2) is 64.3 Å². The molecule has 3 aromatic heterocycles. The van der Waals surface area contributed by atoms with Gasteiger partial charge in [0.15, 0.2) is 0 Å². The summed E-state index contributed by atoms with van der Waals surface area (Å²) in [6.07, 6.45) is 2.22. The van der Waals surface area contributed by atoms with Gasteiger partial charge >= 0.3 is 0 Å². The lowest BCUT2D eigenvalue weighted by Gasteiger charge is -2.29. The summed E-state index contributed by atoms with van der Waals surface area (Å²) in [5, 5.41) is 3.88. The smallest absolute Gasteiger partial charge is 0.271 e. The second kappa shape index (κ2) is 9.45. The third-order valence-electron chi connectivity index (χ3n) is 5.18. The minimum Gasteiger partial charge on any atom is -0.497 e. The lowest BCUT2D eigenvalue weighted by molar-refractivity contribution is -0.134. The standard InChI is InChI=1S/C23H23N3O3S2/c1-16(12-19-4-3-10-30-19)26(13-17-5-7-18(29-2)8-6-17)21(27)14-25-15-24-20-9-11-31-22(20)23(25)28/h3-11,15-16H,12-14H2,1-2H3/t16-/m0/s1. The molecular weight excluding hydrogens is 430 g/mol. The van der Waals surface area contributed by atoms with Crippen molar-refractivity contribution in [2.24, 2.45) is 0 Å². The fraction of sp³-hybridized carbons (Fsp3) is 0.261. The number of carbonyl (C=O) groups excluding carboxylic acids is 1. The van der Waals surface area contributed by atoms with Crippen molar-refractivity contribution in [3.05, 3.63) is 80.3 Å². The summed E-state index contributed by atoms with van der Waals surface area (Å²) in [6.45, 7) is 2.47. The van der Waals surface area contributed by atoms with Crippen LogP contribution in [0.1, 0.15) is 17.4 Å². The molecule has 3 heterocycles. The molecule has 0 aliphatic carbocycles. The van der Waals surface area contributed by atoms with E-state index in [1.165, 1.54) is 27.1 Å². The number of hydrogen-bond donors (Lipinski definition) is 0. The molecule has 0 aliphatic heterocycles. The van der Waals surface area contributed by atoms with Crippen LogP contribution in [-0.2, 0) is 24.3 Å².